The third kappa shape index (κ3) is 4.67. The van der Waals surface area contributed by atoms with E-state index in [2.05, 4.69) is 20.6 Å². The summed E-state index contributed by atoms with van der Waals surface area (Å²) in [5.41, 5.74) is 1.14. The number of carbonyl (C=O) groups excluding carboxylic acids is 1. The fourth-order valence-corrected chi connectivity index (χ4v) is 2.19. The fraction of sp³-hybridized carbons (Fsp3) is 0.167. The maximum absolute atomic E-state index is 11.8. The molecule has 0 unspecified atom stereocenters. The van der Waals surface area contributed by atoms with Gasteiger partial charge in [-0.2, -0.15) is 0 Å². The molecule has 0 aliphatic carbocycles. The quantitative estimate of drug-likeness (QED) is 0.698. The van der Waals surface area contributed by atoms with E-state index < -0.39 is 0 Å². The lowest BCUT2D eigenvalue weighted by molar-refractivity contribution is -0.119. The van der Waals surface area contributed by atoms with Gasteiger partial charge in [-0.15, -0.1) is 0 Å². The molecule has 0 radical (unpaired) electrons. The van der Waals surface area contributed by atoms with Crippen molar-refractivity contribution in [2.24, 2.45) is 0 Å². The van der Waals surface area contributed by atoms with Crippen molar-refractivity contribution in [2.45, 2.75) is 13.0 Å². The summed E-state index contributed by atoms with van der Waals surface area (Å²) in [7, 11) is 0. The molecule has 3 aromatic rings. The van der Waals surface area contributed by atoms with Gasteiger partial charge in [0.1, 0.15) is 17.4 Å². The standard InChI is InChI=1S/C18H18N4O2/c23-18(21-12-15-7-4-10-24-15)13-20-16-8-9-19-17(22-16)11-14-5-2-1-3-6-14/h1-10H,11-13H2,(H,21,23)(H,19,20,22). The maximum Gasteiger partial charge on any atom is 0.239 e. The Hall–Kier alpha value is -3.15. The number of hydrogen-bond donors (Lipinski definition) is 2. The first kappa shape index (κ1) is 15.7. The molecular formula is C18H18N4O2. The van der Waals surface area contributed by atoms with E-state index in [1.165, 1.54) is 0 Å². The lowest BCUT2D eigenvalue weighted by Crippen LogP contribution is -2.29. The zero-order valence-corrected chi connectivity index (χ0v) is 13.1. The molecule has 3 rings (SSSR count). The Labute approximate surface area is 140 Å². The van der Waals surface area contributed by atoms with Crippen molar-refractivity contribution in [1.29, 1.82) is 0 Å². The van der Waals surface area contributed by atoms with Crippen molar-refractivity contribution in [2.75, 3.05) is 11.9 Å². The summed E-state index contributed by atoms with van der Waals surface area (Å²) in [5, 5.41) is 5.78. The van der Waals surface area contributed by atoms with Crippen LogP contribution in [0.25, 0.3) is 0 Å². The topological polar surface area (TPSA) is 80.0 Å². The second-order valence-electron chi connectivity index (χ2n) is 5.23. The number of aromatic nitrogens is 2. The normalized spacial score (nSPS) is 10.3. The van der Waals surface area contributed by atoms with Gasteiger partial charge >= 0.3 is 0 Å². The van der Waals surface area contributed by atoms with Crippen LogP contribution in [0, 0.1) is 0 Å². The summed E-state index contributed by atoms with van der Waals surface area (Å²) in [5.74, 6) is 1.93. The van der Waals surface area contributed by atoms with Gasteiger partial charge in [-0.1, -0.05) is 30.3 Å². The van der Waals surface area contributed by atoms with Crippen LogP contribution in [-0.4, -0.2) is 22.4 Å². The number of nitrogens with zero attached hydrogens (tertiary/aromatic N) is 2. The van der Waals surface area contributed by atoms with Crippen LogP contribution in [0.2, 0.25) is 0 Å². The number of carbonyl (C=O) groups is 1. The summed E-state index contributed by atoms with van der Waals surface area (Å²) in [4.78, 5) is 20.5. The van der Waals surface area contributed by atoms with Gasteiger partial charge in [-0.05, 0) is 23.8 Å². The summed E-state index contributed by atoms with van der Waals surface area (Å²) >= 11 is 0. The second-order valence-corrected chi connectivity index (χ2v) is 5.23. The minimum atomic E-state index is -0.130. The minimum absolute atomic E-state index is 0.130. The molecule has 1 amide bonds. The summed E-state index contributed by atoms with van der Waals surface area (Å²) in [6, 6.07) is 15.4. The number of nitrogens with one attached hydrogen (secondary N) is 2. The highest BCUT2D eigenvalue weighted by Gasteiger charge is 2.05. The number of amides is 1. The molecule has 6 nitrogen and oxygen atoms in total. The van der Waals surface area contributed by atoms with Crippen LogP contribution in [0.15, 0.2) is 65.4 Å². The van der Waals surface area contributed by atoms with Gasteiger partial charge in [0.05, 0.1) is 19.4 Å². The highest BCUT2D eigenvalue weighted by atomic mass is 16.3. The fourth-order valence-electron chi connectivity index (χ4n) is 2.19. The van der Waals surface area contributed by atoms with Crippen LogP contribution in [-0.2, 0) is 17.8 Å². The van der Waals surface area contributed by atoms with Crippen molar-refractivity contribution in [1.82, 2.24) is 15.3 Å². The molecule has 122 valence electrons. The van der Waals surface area contributed by atoms with Gasteiger partial charge in [0, 0.05) is 12.6 Å². The molecule has 0 spiro atoms. The summed E-state index contributed by atoms with van der Waals surface area (Å²) < 4.78 is 5.16. The Morgan fingerprint density at radius 3 is 2.75 bits per heavy atom. The Morgan fingerprint density at radius 1 is 1.08 bits per heavy atom. The predicted molar refractivity (Wildman–Crippen MR) is 90.3 cm³/mol. The lowest BCUT2D eigenvalue weighted by Gasteiger charge is -2.07. The Morgan fingerprint density at radius 2 is 1.96 bits per heavy atom. The number of furan rings is 1. The highest BCUT2D eigenvalue weighted by molar-refractivity contribution is 5.80. The molecule has 0 atom stereocenters. The van der Waals surface area contributed by atoms with Gasteiger partial charge in [0.25, 0.3) is 0 Å². The first-order chi connectivity index (χ1) is 11.8. The van der Waals surface area contributed by atoms with Crippen molar-refractivity contribution < 1.29 is 9.21 Å². The van der Waals surface area contributed by atoms with E-state index in [1.807, 2.05) is 36.4 Å². The van der Waals surface area contributed by atoms with Crippen LogP contribution in [0.4, 0.5) is 5.82 Å². The van der Waals surface area contributed by atoms with E-state index in [9.17, 15) is 4.79 Å². The Balaban J connectivity index is 1.50. The monoisotopic (exact) mass is 322 g/mol. The first-order valence-corrected chi connectivity index (χ1v) is 7.68. The Bertz CT molecular complexity index is 773. The third-order valence-corrected chi connectivity index (χ3v) is 3.38. The van der Waals surface area contributed by atoms with Crippen molar-refractivity contribution >= 4 is 11.7 Å². The smallest absolute Gasteiger partial charge is 0.239 e. The molecule has 0 bridgehead atoms. The molecule has 0 saturated carbocycles. The van der Waals surface area contributed by atoms with E-state index in [-0.39, 0.29) is 12.5 Å². The molecule has 0 saturated heterocycles. The third-order valence-electron chi connectivity index (χ3n) is 3.38. The van der Waals surface area contributed by atoms with Gasteiger partial charge in [0.2, 0.25) is 5.91 Å². The lowest BCUT2D eigenvalue weighted by atomic mass is 10.1. The molecule has 2 aromatic heterocycles. The van der Waals surface area contributed by atoms with E-state index in [4.69, 9.17) is 4.42 Å². The molecule has 1 aromatic carbocycles. The van der Waals surface area contributed by atoms with E-state index in [1.54, 1.807) is 24.6 Å². The van der Waals surface area contributed by atoms with Gasteiger partial charge in [0.15, 0.2) is 0 Å². The number of hydrogen-bond acceptors (Lipinski definition) is 5. The van der Waals surface area contributed by atoms with Crippen LogP contribution in [0.1, 0.15) is 17.1 Å². The summed E-state index contributed by atoms with van der Waals surface area (Å²) in [6.07, 6.45) is 3.92. The van der Waals surface area contributed by atoms with Crippen LogP contribution in [0.3, 0.4) is 0 Å². The molecule has 2 N–H and O–H groups in total. The van der Waals surface area contributed by atoms with Crippen molar-refractivity contribution in [3.8, 4) is 0 Å². The molecular weight excluding hydrogens is 304 g/mol. The van der Waals surface area contributed by atoms with E-state index in [0.29, 0.717) is 24.6 Å². The van der Waals surface area contributed by atoms with Crippen molar-refractivity contribution in [3.05, 3.63) is 78.1 Å². The van der Waals surface area contributed by atoms with Crippen LogP contribution in [0.5, 0.6) is 0 Å². The average molecular weight is 322 g/mol. The molecule has 0 aliphatic rings. The molecule has 6 heteroatoms. The number of benzene rings is 1. The average Bonchev–Trinajstić information content (AvgIpc) is 3.13. The molecule has 0 aliphatic heterocycles. The largest absolute Gasteiger partial charge is 0.467 e. The minimum Gasteiger partial charge on any atom is -0.467 e. The van der Waals surface area contributed by atoms with Gasteiger partial charge in [-0.3, -0.25) is 4.79 Å². The predicted octanol–water partition coefficient (Wildman–Crippen LogP) is 2.39. The molecule has 2 heterocycles. The maximum atomic E-state index is 11.8. The number of anilines is 1. The van der Waals surface area contributed by atoms with E-state index in [0.717, 1.165) is 11.3 Å². The van der Waals surface area contributed by atoms with Crippen molar-refractivity contribution in [3.63, 3.8) is 0 Å². The van der Waals surface area contributed by atoms with E-state index >= 15 is 0 Å². The van der Waals surface area contributed by atoms with Gasteiger partial charge < -0.3 is 15.1 Å². The van der Waals surface area contributed by atoms with Crippen LogP contribution < -0.4 is 10.6 Å². The zero-order valence-electron chi connectivity index (χ0n) is 13.1. The SMILES string of the molecule is O=C(CNc1ccnc(Cc2ccccc2)n1)NCc1ccco1. The molecule has 24 heavy (non-hydrogen) atoms. The first-order valence-electron chi connectivity index (χ1n) is 7.68. The second kappa shape index (κ2) is 7.92. The van der Waals surface area contributed by atoms with Crippen LogP contribution >= 0.6 is 0 Å². The summed E-state index contributed by atoms with van der Waals surface area (Å²) in [6.45, 7) is 0.513. The highest BCUT2D eigenvalue weighted by Crippen LogP contribution is 2.07. The Kier molecular flexibility index (Phi) is 5.19. The molecule has 0 fully saturated rings. The van der Waals surface area contributed by atoms with Gasteiger partial charge in [-0.25, -0.2) is 9.97 Å². The number of rotatable bonds is 7. The zero-order chi connectivity index (χ0) is 16.6.